The van der Waals surface area contributed by atoms with Gasteiger partial charge >= 0.3 is 0 Å². The van der Waals surface area contributed by atoms with Crippen molar-refractivity contribution in [1.82, 2.24) is 5.32 Å². The molecule has 0 heterocycles. The van der Waals surface area contributed by atoms with E-state index < -0.39 is 0 Å². The molecule has 3 nitrogen and oxygen atoms in total. The molecular formula is C15H22Cl2N2O. The first kappa shape index (κ1) is 17.3. The van der Waals surface area contributed by atoms with E-state index in [9.17, 15) is 4.79 Å². The Bertz CT molecular complexity index is 444. The second-order valence-corrected chi connectivity index (χ2v) is 5.84. The number of carbonyl (C=O) groups is 1. The zero-order valence-corrected chi connectivity index (χ0v) is 13.3. The second kappa shape index (κ2) is 7.30. The van der Waals surface area contributed by atoms with E-state index in [1.807, 2.05) is 31.2 Å². The molecule has 1 aromatic carbocycles. The zero-order valence-electron chi connectivity index (χ0n) is 11.7. The third-order valence-electron chi connectivity index (χ3n) is 3.85. The Labute approximate surface area is 131 Å². The van der Waals surface area contributed by atoms with E-state index in [0.29, 0.717) is 6.54 Å². The highest BCUT2D eigenvalue weighted by Crippen LogP contribution is 2.47. The molecule has 112 valence electrons. The molecule has 0 saturated heterocycles. The van der Waals surface area contributed by atoms with Gasteiger partial charge in [-0.1, -0.05) is 37.1 Å². The number of nitrogens with two attached hydrogens (primary N) is 1. The van der Waals surface area contributed by atoms with Crippen molar-refractivity contribution in [3.05, 3.63) is 34.9 Å². The minimum Gasteiger partial charge on any atom is -0.354 e. The predicted octanol–water partition coefficient (Wildman–Crippen LogP) is 3.04. The molecule has 1 aromatic rings. The average Bonchev–Trinajstić information content (AvgIpc) is 3.18. The fourth-order valence-electron chi connectivity index (χ4n) is 2.35. The van der Waals surface area contributed by atoms with Gasteiger partial charge in [-0.3, -0.25) is 4.79 Å². The van der Waals surface area contributed by atoms with Crippen LogP contribution in [0, 0.1) is 0 Å². The van der Waals surface area contributed by atoms with Crippen molar-refractivity contribution in [2.24, 2.45) is 5.73 Å². The number of hydrogen-bond acceptors (Lipinski definition) is 2. The normalized spacial score (nSPS) is 16.9. The second-order valence-electron chi connectivity index (χ2n) is 5.40. The Morgan fingerprint density at radius 3 is 2.50 bits per heavy atom. The number of halogens is 2. The Morgan fingerprint density at radius 2 is 2.00 bits per heavy atom. The van der Waals surface area contributed by atoms with Crippen molar-refractivity contribution >= 4 is 29.9 Å². The van der Waals surface area contributed by atoms with Crippen molar-refractivity contribution in [3.63, 3.8) is 0 Å². The Hall–Kier alpha value is -0.770. The fourth-order valence-corrected chi connectivity index (χ4v) is 2.48. The number of benzene rings is 1. The van der Waals surface area contributed by atoms with Gasteiger partial charge < -0.3 is 11.1 Å². The van der Waals surface area contributed by atoms with Crippen LogP contribution in [0.5, 0.6) is 0 Å². The maximum Gasteiger partial charge on any atom is 0.236 e. The maximum atomic E-state index is 11.8. The van der Waals surface area contributed by atoms with Gasteiger partial charge in [-0.25, -0.2) is 0 Å². The molecule has 1 fully saturated rings. The Morgan fingerprint density at radius 1 is 1.40 bits per heavy atom. The summed E-state index contributed by atoms with van der Waals surface area (Å²) in [6, 6.07) is 7.52. The largest absolute Gasteiger partial charge is 0.354 e. The third-order valence-corrected chi connectivity index (χ3v) is 4.10. The first-order chi connectivity index (χ1) is 9.07. The lowest BCUT2D eigenvalue weighted by molar-refractivity contribution is -0.122. The quantitative estimate of drug-likeness (QED) is 0.847. The van der Waals surface area contributed by atoms with Crippen LogP contribution >= 0.6 is 24.0 Å². The number of nitrogens with one attached hydrogen (secondary N) is 1. The van der Waals surface area contributed by atoms with Gasteiger partial charge in [0.05, 0.1) is 6.04 Å². The van der Waals surface area contributed by atoms with Crippen molar-refractivity contribution in [3.8, 4) is 0 Å². The molecule has 0 aromatic heterocycles. The highest BCUT2D eigenvalue weighted by atomic mass is 35.5. The van der Waals surface area contributed by atoms with Crippen LogP contribution in [0.3, 0.4) is 0 Å². The molecule has 5 heteroatoms. The van der Waals surface area contributed by atoms with Gasteiger partial charge in [-0.2, -0.15) is 0 Å². The van der Waals surface area contributed by atoms with Crippen molar-refractivity contribution in [1.29, 1.82) is 0 Å². The van der Waals surface area contributed by atoms with E-state index in [-0.39, 0.29) is 29.8 Å². The van der Waals surface area contributed by atoms with Crippen molar-refractivity contribution in [2.45, 2.75) is 44.1 Å². The summed E-state index contributed by atoms with van der Waals surface area (Å²) in [6.45, 7) is 2.70. The molecule has 1 aliphatic rings. The van der Waals surface area contributed by atoms with E-state index >= 15 is 0 Å². The standard InChI is InChI=1S/C15H21ClN2O.ClH/c1-2-3-13(17)14(19)18-10-15(8-9-15)11-4-6-12(16)7-5-11;/h4-7,13H,2-3,8-10,17H2,1H3,(H,18,19);1H. The zero-order chi connectivity index (χ0) is 13.9. The van der Waals surface area contributed by atoms with Gasteiger partial charge in [0.25, 0.3) is 0 Å². The van der Waals surface area contributed by atoms with E-state index in [0.717, 1.165) is 30.7 Å². The van der Waals surface area contributed by atoms with Gasteiger partial charge in [0, 0.05) is 17.0 Å². The molecule has 0 radical (unpaired) electrons. The first-order valence-corrected chi connectivity index (χ1v) is 7.24. The lowest BCUT2D eigenvalue weighted by Gasteiger charge is -2.18. The molecule has 0 bridgehead atoms. The fraction of sp³-hybridized carbons (Fsp3) is 0.533. The molecule has 1 amide bonds. The maximum absolute atomic E-state index is 11.8. The monoisotopic (exact) mass is 316 g/mol. The van der Waals surface area contributed by atoms with Crippen LogP contribution in [-0.4, -0.2) is 18.5 Å². The van der Waals surface area contributed by atoms with Crippen LogP contribution in [0.25, 0.3) is 0 Å². The topological polar surface area (TPSA) is 55.1 Å². The summed E-state index contributed by atoms with van der Waals surface area (Å²) in [5.41, 5.74) is 7.16. The SMILES string of the molecule is CCCC(N)C(=O)NCC1(c2ccc(Cl)cc2)CC1.Cl. The highest BCUT2D eigenvalue weighted by molar-refractivity contribution is 6.30. The van der Waals surface area contributed by atoms with Crippen LogP contribution in [0.1, 0.15) is 38.2 Å². The molecule has 1 atom stereocenters. The molecular weight excluding hydrogens is 295 g/mol. The van der Waals surface area contributed by atoms with Gasteiger partial charge in [0.2, 0.25) is 5.91 Å². The molecule has 0 spiro atoms. The van der Waals surface area contributed by atoms with E-state index in [4.69, 9.17) is 17.3 Å². The minimum atomic E-state index is -0.383. The number of hydrogen-bond donors (Lipinski definition) is 2. The van der Waals surface area contributed by atoms with Gasteiger partial charge in [0.1, 0.15) is 0 Å². The predicted molar refractivity (Wildman–Crippen MR) is 85.5 cm³/mol. The summed E-state index contributed by atoms with van der Waals surface area (Å²) in [5.74, 6) is -0.0397. The smallest absolute Gasteiger partial charge is 0.236 e. The minimum absolute atomic E-state index is 0. The highest BCUT2D eigenvalue weighted by Gasteiger charge is 2.44. The molecule has 20 heavy (non-hydrogen) atoms. The number of carbonyl (C=O) groups excluding carboxylic acids is 1. The Balaban J connectivity index is 0.00000200. The first-order valence-electron chi connectivity index (χ1n) is 6.87. The number of rotatable bonds is 6. The van der Waals surface area contributed by atoms with E-state index in [1.54, 1.807) is 0 Å². The van der Waals surface area contributed by atoms with Crippen molar-refractivity contribution in [2.75, 3.05) is 6.54 Å². The molecule has 1 unspecified atom stereocenters. The van der Waals surface area contributed by atoms with Gasteiger partial charge in [-0.15, -0.1) is 12.4 Å². The molecule has 1 aliphatic carbocycles. The van der Waals surface area contributed by atoms with Crippen LogP contribution in [0.2, 0.25) is 5.02 Å². The van der Waals surface area contributed by atoms with Crippen LogP contribution in [-0.2, 0) is 10.2 Å². The molecule has 0 aliphatic heterocycles. The van der Waals surface area contributed by atoms with E-state index in [2.05, 4.69) is 5.32 Å². The summed E-state index contributed by atoms with van der Waals surface area (Å²) in [4.78, 5) is 11.8. The molecule has 1 saturated carbocycles. The summed E-state index contributed by atoms with van der Waals surface area (Å²) in [7, 11) is 0. The lowest BCUT2D eigenvalue weighted by Crippen LogP contribution is -2.43. The van der Waals surface area contributed by atoms with Crippen LogP contribution < -0.4 is 11.1 Å². The number of amides is 1. The van der Waals surface area contributed by atoms with Gasteiger partial charge in [0.15, 0.2) is 0 Å². The lowest BCUT2D eigenvalue weighted by atomic mass is 9.96. The molecule has 3 N–H and O–H groups in total. The molecule has 2 rings (SSSR count). The Kier molecular flexibility index (Phi) is 6.31. The third kappa shape index (κ3) is 4.11. The summed E-state index contributed by atoms with van der Waals surface area (Å²) in [6.07, 6.45) is 3.88. The van der Waals surface area contributed by atoms with E-state index in [1.165, 1.54) is 5.56 Å². The van der Waals surface area contributed by atoms with Crippen molar-refractivity contribution < 1.29 is 4.79 Å². The van der Waals surface area contributed by atoms with Crippen LogP contribution in [0.15, 0.2) is 24.3 Å². The summed E-state index contributed by atoms with van der Waals surface area (Å²) in [5, 5.41) is 3.73. The average molecular weight is 317 g/mol. The van der Waals surface area contributed by atoms with Gasteiger partial charge in [-0.05, 0) is 37.0 Å². The van der Waals surface area contributed by atoms with Crippen LogP contribution in [0.4, 0.5) is 0 Å². The summed E-state index contributed by atoms with van der Waals surface area (Å²) < 4.78 is 0. The summed E-state index contributed by atoms with van der Waals surface area (Å²) >= 11 is 5.90.